The standard InChI is InChI=1S/C16H29BrO2/c1-3-18-16(19-4-2)14-12-10-8-6-5-7-9-11-13-15-17/h16H,3-11,13,15H2,1-2H3. The fourth-order valence-electron chi connectivity index (χ4n) is 1.78. The molecule has 0 fully saturated rings. The zero-order chi connectivity index (χ0) is 14.2. The van der Waals surface area contributed by atoms with Crippen LogP contribution in [0.15, 0.2) is 0 Å². The van der Waals surface area contributed by atoms with Crippen LogP contribution in [-0.2, 0) is 9.47 Å². The SMILES string of the molecule is CCOC(C#CCCCCCCCCCBr)OCC. The maximum atomic E-state index is 5.37. The van der Waals surface area contributed by atoms with E-state index in [0.717, 1.165) is 11.8 Å². The first-order valence-electron chi connectivity index (χ1n) is 7.62. The fourth-order valence-corrected chi connectivity index (χ4v) is 2.18. The van der Waals surface area contributed by atoms with Crippen LogP contribution in [0.4, 0.5) is 0 Å². The zero-order valence-electron chi connectivity index (χ0n) is 12.5. The van der Waals surface area contributed by atoms with Crippen LogP contribution in [0.2, 0.25) is 0 Å². The number of ether oxygens (including phenoxy) is 2. The van der Waals surface area contributed by atoms with Crippen LogP contribution in [0.1, 0.15) is 65.2 Å². The molecule has 0 bridgehead atoms. The van der Waals surface area contributed by atoms with Crippen molar-refractivity contribution in [3.63, 3.8) is 0 Å². The first-order chi connectivity index (χ1) is 9.35. The van der Waals surface area contributed by atoms with Gasteiger partial charge in [0.2, 0.25) is 6.29 Å². The van der Waals surface area contributed by atoms with E-state index in [1.165, 1.54) is 44.9 Å². The molecule has 0 saturated heterocycles. The van der Waals surface area contributed by atoms with Crippen molar-refractivity contribution in [2.24, 2.45) is 0 Å². The van der Waals surface area contributed by atoms with E-state index < -0.39 is 0 Å². The molecule has 19 heavy (non-hydrogen) atoms. The van der Waals surface area contributed by atoms with Gasteiger partial charge < -0.3 is 9.47 Å². The number of halogens is 1. The van der Waals surface area contributed by atoms with Gasteiger partial charge in [0, 0.05) is 25.0 Å². The third kappa shape index (κ3) is 14.2. The summed E-state index contributed by atoms with van der Waals surface area (Å²) in [5.74, 6) is 6.20. The second-order valence-corrected chi connectivity index (χ2v) is 5.27. The molecule has 2 nitrogen and oxygen atoms in total. The van der Waals surface area contributed by atoms with Crippen molar-refractivity contribution in [2.75, 3.05) is 18.5 Å². The summed E-state index contributed by atoms with van der Waals surface area (Å²) in [7, 11) is 0. The van der Waals surface area contributed by atoms with E-state index in [2.05, 4.69) is 27.8 Å². The molecule has 0 unspecified atom stereocenters. The van der Waals surface area contributed by atoms with Crippen LogP contribution in [0.25, 0.3) is 0 Å². The minimum atomic E-state index is -0.334. The minimum Gasteiger partial charge on any atom is -0.342 e. The maximum Gasteiger partial charge on any atom is 0.222 e. The Kier molecular flexibility index (Phi) is 16.0. The summed E-state index contributed by atoms with van der Waals surface area (Å²) in [6.07, 6.45) is 9.83. The molecule has 0 aromatic heterocycles. The lowest BCUT2D eigenvalue weighted by molar-refractivity contribution is -0.0970. The Labute approximate surface area is 127 Å². The second-order valence-electron chi connectivity index (χ2n) is 4.48. The lowest BCUT2D eigenvalue weighted by atomic mass is 10.1. The van der Waals surface area contributed by atoms with E-state index >= 15 is 0 Å². The maximum absolute atomic E-state index is 5.37. The topological polar surface area (TPSA) is 18.5 Å². The van der Waals surface area contributed by atoms with Gasteiger partial charge in [-0.3, -0.25) is 0 Å². The van der Waals surface area contributed by atoms with Crippen LogP contribution in [0.3, 0.4) is 0 Å². The van der Waals surface area contributed by atoms with Crippen molar-refractivity contribution in [3.8, 4) is 11.8 Å². The van der Waals surface area contributed by atoms with Gasteiger partial charge in [-0.1, -0.05) is 54.0 Å². The molecule has 3 heteroatoms. The molecule has 0 aromatic rings. The smallest absolute Gasteiger partial charge is 0.222 e. The van der Waals surface area contributed by atoms with E-state index in [1.54, 1.807) is 0 Å². The largest absolute Gasteiger partial charge is 0.342 e. The fraction of sp³-hybridized carbons (Fsp3) is 0.875. The van der Waals surface area contributed by atoms with Gasteiger partial charge in [0.1, 0.15) is 0 Å². The third-order valence-corrected chi connectivity index (χ3v) is 3.35. The molecular weight excluding hydrogens is 304 g/mol. The Balaban J connectivity index is 3.41. The highest BCUT2D eigenvalue weighted by Gasteiger charge is 2.00. The molecule has 0 amide bonds. The second kappa shape index (κ2) is 16.0. The predicted octanol–water partition coefficient (Wildman–Crippen LogP) is 4.90. The van der Waals surface area contributed by atoms with E-state index in [1.807, 2.05) is 13.8 Å². The van der Waals surface area contributed by atoms with E-state index in [9.17, 15) is 0 Å². The molecule has 0 aliphatic rings. The summed E-state index contributed by atoms with van der Waals surface area (Å²) in [6, 6.07) is 0. The summed E-state index contributed by atoms with van der Waals surface area (Å²) in [4.78, 5) is 0. The van der Waals surface area contributed by atoms with E-state index in [0.29, 0.717) is 13.2 Å². The minimum absolute atomic E-state index is 0.334. The summed E-state index contributed by atoms with van der Waals surface area (Å²) in [6.45, 7) is 5.22. The van der Waals surface area contributed by atoms with Crippen LogP contribution < -0.4 is 0 Å². The van der Waals surface area contributed by atoms with Gasteiger partial charge in [-0.2, -0.15) is 0 Å². The Morgan fingerprint density at radius 2 is 1.37 bits per heavy atom. The van der Waals surface area contributed by atoms with Gasteiger partial charge in [-0.25, -0.2) is 0 Å². The van der Waals surface area contributed by atoms with Gasteiger partial charge in [0.25, 0.3) is 0 Å². The number of alkyl halides is 1. The Bertz CT molecular complexity index is 227. The van der Waals surface area contributed by atoms with Gasteiger partial charge in [-0.15, -0.1) is 0 Å². The van der Waals surface area contributed by atoms with Gasteiger partial charge in [0.15, 0.2) is 0 Å². The average Bonchev–Trinajstić information content (AvgIpc) is 2.41. The average molecular weight is 333 g/mol. The summed E-state index contributed by atoms with van der Waals surface area (Å²) < 4.78 is 10.7. The Morgan fingerprint density at radius 3 is 1.89 bits per heavy atom. The summed E-state index contributed by atoms with van der Waals surface area (Å²) >= 11 is 3.46. The molecule has 0 rings (SSSR count). The Morgan fingerprint density at radius 1 is 0.842 bits per heavy atom. The molecule has 0 radical (unpaired) electrons. The Hall–Kier alpha value is -0.0400. The van der Waals surface area contributed by atoms with Gasteiger partial charge in [-0.05, 0) is 32.6 Å². The normalized spacial score (nSPS) is 10.5. The highest BCUT2D eigenvalue weighted by Crippen LogP contribution is 2.09. The lowest BCUT2D eigenvalue weighted by Gasteiger charge is -2.09. The molecule has 0 spiro atoms. The van der Waals surface area contributed by atoms with Crippen molar-refractivity contribution >= 4 is 15.9 Å². The van der Waals surface area contributed by atoms with E-state index in [-0.39, 0.29) is 6.29 Å². The van der Waals surface area contributed by atoms with Crippen LogP contribution in [-0.4, -0.2) is 24.8 Å². The number of hydrogen-bond acceptors (Lipinski definition) is 2. The molecule has 0 aliphatic carbocycles. The molecule has 0 heterocycles. The number of rotatable bonds is 12. The van der Waals surface area contributed by atoms with Crippen molar-refractivity contribution in [2.45, 2.75) is 71.5 Å². The molecule has 0 saturated carbocycles. The molecule has 0 N–H and O–H groups in total. The molecule has 0 aromatic carbocycles. The zero-order valence-corrected chi connectivity index (χ0v) is 14.1. The highest BCUT2D eigenvalue weighted by molar-refractivity contribution is 9.09. The molecule has 0 aliphatic heterocycles. The molecular formula is C16H29BrO2. The first-order valence-corrected chi connectivity index (χ1v) is 8.74. The number of unbranched alkanes of at least 4 members (excludes halogenated alkanes) is 7. The van der Waals surface area contributed by atoms with Gasteiger partial charge >= 0.3 is 0 Å². The van der Waals surface area contributed by atoms with Crippen LogP contribution in [0.5, 0.6) is 0 Å². The van der Waals surface area contributed by atoms with Gasteiger partial charge in [0.05, 0.1) is 0 Å². The molecule has 112 valence electrons. The predicted molar refractivity (Wildman–Crippen MR) is 85.5 cm³/mol. The summed E-state index contributed by atoms with van der Waals surface area (Å²) in [5.41, 5.74) is 0. The van der Waals surface area contributed by atoms with Crippen molar-refractivity contribution in [3.05, 3.63) is 0 Å². The highest BCUT2D eigenvalue weighted by atomic mass is 79.9. The first kappa shape index (κ1) is 19.0. The van der Waals surface area contributed by atoms with Crippen molar-refractivity contribution < 1.29 is 9.47 Å². The lowest BCUT2D eigenvalue weighted by Crippen LogP contribution is -2.14. The van der Waals surface area contributed by atoms with E-state index in [4.69, 9.17) is 9.47 Å². The quantitative estimate of drug-likeness (QED) is 0.219. The van der Waals surface area contributed by atoms with Crippen LogP contribution >= 0.6 is 15.9 Å². The van der Waals surface area contributed by atoms with Crippen LogP contribution in [0, 0.1) is 11.8 Å². The summed E-state index contributed by atoms with van der Waals surface area (Å²) in [5, 5.41) is 1.14. The molecule has 0 atom stereocenters. The monoisotopic (exact) mass is 332 g/mol. The number of hydrogen-bond donors (Lipinski definition) is 0. The van der Waals surface area contributed by atoms with Crippen molar-refractivity contribution in [1.82, 2.24) is 0 Å². The van der Waals surface area contributed by atoms with Crippen molar-refractivity contribution in [1.29, 1.82) is 0 Å². The third-order valence-electron chi connectivity index (χ3n) is 2.79.